The molecule has 2 heteroatoms. The molecule has 1 aliphatic carbocycles. The van der Waals surface area contributed by atoms with Crippen LogP contribution in [-0.2, 0) is 0 Å². The van der Waals surface area contributed by atoms with E-state index in [0.717, 1.165) is 24.9 Å². The van der Waals surface area contributed by atoms with E-state index in [-0.39, 0.29) is 6.04 Å². The summed E-state index contributed by atoms with van der Waals surface area (Å²) in [6.07, 6.45) is 4.94. The van der Waals surface area contributed by atoms with Crippen LogP contribution >= 0.6 is 0 Å². The number of rotatable bonds is 7. The van der Waals surface area contributed by atoms with Gasteiger partial charge in [-0.25, -0.2) is 0 Å². The molecule has 1 aromatic carbocycles. The highest BCUT2D eigenvalue weighted by Gasteiger charge is 2.30. The molecule has 0 amide bonds. The molecule has 1 saturated carbocycles. The molecule has 2 rings (SSSR count). The fourth-order valence-electron chi connectivity index (χ4n) is 2.57. The van der Waals surface area contributed by atoms with E-state index in [0.29, 0.717) is 0 Å². The van der Waals surface area contributed by atoms with E-state index in [2.05, 4.69) is 49.9 Å². The van der Waals surface area contributed by atoms with Crippen molar-refractivity contribution in [1.82, 2.24) is 0 Å². The standard InChI is InChI=1S/C17H28N2/c1-4-16(18)15-7-5-6-8-17(15)19(14-9-10-14)12-11-13(2)3/h5-8,13-14,16H,4,9-12,18H2,1-3H3/t16-/m1/s1. The van der Waals surface area contributed by atoms with Gasteiger partial charge in [0.15, 0.2) is 0 Å². The summed E-state index contributed by atoms with van der Waals surface area (Å²) in [5.74, 6) is 0.758. The summed E-state index contributed by atoms with van der Waals surface area (Å²) >= 11 is 0. The van der Waals surface area contributed by atoms with Gasteiger partial charge in [-0.2, -0.15) is 0 Å². The maximum Gasteiger partial charge on any atom is 0.0417 e. The van der Waals surface area contributed by atoms with Crippen LogP contribution in [0.2, 0.25) is 0 Å². The summed E-state index contributed by atoms with van der Waals surface area (Å²) in [5.41, 5.74) is 8.98. The normalized spacial score (nSPS) is 16.7. The Labute approximate surface area is 118 Å². The molecule has 0 heterocycles. The quantitative estimate of drug-likeness (QED) is 0.799. The molecule has 2 N–H and O–H groups in total. The average Bonchev–Trinajstić information content (AvgIpc) is 3.23. The number of anilines is 1. The van der Waals surface area contributed by atoms with Gasteiger partial charge in [0, 0.05) is 24.3 Å². The zero-order valence-corrected chi connectivity index (χ0v) is 12.6. The molecule has 0 saturated heterocycles. The Balaban J connectivity index is 2.20. The van der Waals surface area contributed by atoms with Gasteiger partial charge in [-0.1, -0.05) is 39.0 Å². The van der Waals surface area contributed by atoms with Gasteiger partial charge in [0.05, 0.1) is 0 Å². The first-order valence-corrected chi connectivity index (χ1v) is 7.74. The van der Waals surface area contributed by atoms with Crippen LogP contribution in [-0.4, -0.2) is 12.6 Å². The minimum Gasteiger partial charge on any atom is -0.368 e. The number of para-hydroxylation sites is 1. The molecule has 0 spiro atoms. The van der Waals surface area contributed by atoms with Crippen molar-refractivity contribution in [3.05, 3.63) is 29.8 Å². The molecule has 106 valence electrons. The van der Waals surface area contributed by atoms with Gasteiger partial charge < -0.3 is 10.6 Å². The lowest BCUT2D eigenvalue weighted by Crippen LogP contribution is -2.29. The third-order valence-electron chi connectivity index (χ3n) is 4.02. The SMILES string of the molecule is CC[C@@H](N)c1ccccc1N(CCC(C)C)C1CC1. The smallest absolute Gasteiger partial charge is 0.0417 e. The van der Waals surface area contributed by atoms with Crippen LogP contribution in [0.3, 0.4) is 0 Å². The summed E-state index contributed by atoms with van der Waals surface area (Å²) in [5, 5.41) is 0. The second-order valence-corrected chi connectivity index (χ2v) is 6.18. The van der Waals surface area contributed by atoms with Crippen molar-refractivity contribution in [1.29, 1.82) is 0 Å². The van der Waals surface area contributed by atoms with E-state index in [4.69, 9.17) is 5.73 Å². The van der Waals surface area contributed by atoms with Crippen LogP contribution in [0.1, 0.15) is 58.1 Å². The Kier molecular flexibility index (Phi) is 4.87. The van der Waals surface area contributed by atoms with E-state index >= 15 is 0 Å². The Hall–Kier alpha value is -1.02. The minimum absolute atomic E-state index is 0.163. The number of hydrogen-bond acceptors (Lipinski definition) is 2. The van der Waals surface area contributed by atoms with Gasteiger partial charge in [0.1, 0.15) is 0 Å². The maximum absolute atomic E-state index is 6.28. The van der Waals surface area contributed by atoms with E-state index < -0.39 is 0 Å². The molecular formula is C17H28N2. The van der Waals surface area contributed by atoms with Crippen LogP contribution in [0.15, 0.2) is 24.3 Å². The summed E-state index contributed by atoms with van der Waals surface area (Å²) in [4.78, 5) is 2.60. The fraction of sp³-hybridized carbons (Fsp3) is 0.647. The molecule has 19 heavy (non-hydrogen) atoms. The van der Waals surface area contributed by atoms with Crippen molar-refractivity contribution in [2.24, 2.45) is 11.7 Å². The highest BCUT2D eigenvalue weighted by Crippen LogP contribution is 2.36. The predicted octanol–water partition coefficient (Wildman–Crippen LogP) is 4.11. The first kappa shape index (κ1) is 14.4. The Bertz CT molecular complexity index is 396. The third-order valence-corrected chi connectivity index (χ3v) is 4.02. The summed E-state index contributed by atoms with van der Waals surface area (Å²) in [6, 6.07) is 9.63. The maximum atomic E-state index is 6.28. The van der Waals surface area contributed by atoms with Gasteiger partial charge in [-0.15, -0.1) is 0 Å². The zero-order valence-electron chi connectivity index (χ0n) is 12.6. The largest absolute Gasteiger partial charge is 0.368 e. The van der Waals surface area contributed by atoms with Crippen molar-refractivity contribution in [2.45, 2.75) is 58.5 Å². The Morgan fingerprint density at radius 1 is 1.26 bits per heavy atom. The first-order valence-electron chi connectivity index (χ1n) is 7.74. The molecule has 1 aliphatic rings. The average molecular weight is 260 g/mol. The molecule has 0 bridgehead atoms. The highest BCUT2D eigenvalue weighted by molar-refractivity contribution is 5.56. The lowest BCUT2D eigenvalue weighted by Gasteiger charge is -2.29. The van der Waals surface area contributed by atoms with Gasteiger partial charge in [-0.3, -0.25) is 0 Å². The second kappa shape index (κ2) is 6.42. The van der Waals surface area contributed by atoms with Crippen LogP contribution < -0.4 is 10.6 Å². The molecule has 1 fully saturated rings. The topological polar surface area (TPSA) is 29.3 Å². The van der Waals surface area contributed by atoms with Crippen LogP contribution in [0.25, 0.3) is 0 Å². The van der Waals surface area contributed by atoms with Gasteiger partial charge in [0.2, 0.25) is 0 Å². The minimum atomic E-state index is 0.163. The lowest BCUT2D eigenvalue weighted by molar-refractivity contribution is 0.568. The number of nitrogens with zero attached hydrogens (tertiary/aromatic N) is 1. The van der Waals surface area contributed by atoms with Crippen molar-refractivity contribution in [3.8, 4) is 0 Å². The van der Waals surface area contributed by atoms with Crippen molar-refractivity contribution in [3.63, 3.8) is 0 Å². The van der Waals surface area contributed by atoms with Crippen LogP contribution in [0.5, 0.6) is 0 Å². The van der Waals surface area contributed by atoms with E-state index in [9.17, 15) is 0 Å². The number of nitrogens with two attached hydrogens (primary N) is 1. The van der Waals surface area contributed by atoms with Crippen molar-refractivity contribution >= 4 is 5.69 Å². The summed E-state index contributed by atoms with van der Waals surface area (Å²) < 4.78 is 0. The third kappa shape index (κ3) is 3.73. The lowest BCUT2D eigenvalue weighted by atomic mass is 10.0. The molecule has 0 unspecified atom stereocenters. The van der Waals surface area contributed by atoms with Gasteiger partial charge >= 0.3 is 0 Å². The second-order valence-electron chi connectivity index (χ2n) is 6.18. The van der Waals surface area contributed by atoms with Crippen molar-refractivity contribution < 1.29 is 0 Å². The molecule has 0 aliphatic heterocycles. The predicted molar refractivity (Wildman–Crippen MR) is 83.5 cm³/mol. The molecular weight excluding hydrogens is 232 g/mol. The monoisotopic (exact) mass is 260 g/mol. The van der Waals surface area contributed by atoms with Gasteiger partial charge in [-0.05, 0) is 43.2 Å². The van der Waals surface area contributed by atoms with E-state index in [1.54, 1.807) is 0 Å². The first-order chi connectivity index (χ1) is 9.13. The van der Waals surface area contributed by atoms with Gasteiger partial charge in [0.25, 0.3) is 0 Å². The molecule has 1 atom stereocenters. The van der Waals surface area contributed by atoms with Crippen LogP contribution in [0.4, 0.5) is 5.69 Å². The van der Waals surface area contributed by atoms with E-state index in [1.165, 1.54) is 30.5 Å². The van der Waals surface area contributed by atoms with Crippen LogP contribution in [0, 0.1) is 5.92 Å². The Morgan fingerprint density at radius 3 is 2.53 bits per heavy atom. The van der Waals surface area contributed by atoms with E-state index in [1.807, 2.05) is 0 Å². The zero-order chi connectivity index (χ0) is 13.8. The molecule has 2 nitrogen and oxygen atoms in total. The fourth-order valence-corrected chi connectivity index (χ4v) is 2.57. The summed E-state index contributed by atoms with van der Waals surface area (Å²) in [6.45, 7) is 7.93. The Morgan fingerprint density at radius 2 is 1.95 bits per heavy atom. The molecule has 1 aromatic rings. The molecule has 0 aromatic heterocycles. The number of benzene rings is 1. The molecule has 0 radical (unpaired) electrons. The number of hydrogen-bond donors (Lipinski definition) is 1. The highest BCUT2D eigenvalue weighted by atomic mass is 15.2. The summed E-state index contributed by atoms with van der Waals surface area (Å²) in [7, 11) is 0. The van der Waals surface area contributed by atoms with Crippen molar-refractivity contribution in [2.75, 3.05) is 11.4 Å².